The first-order valence-electron chi connectivity index (χ1n) is 6.83. The molecule has 1 fully saturated rings. The second-order valence-corrected chi connectivity index (χ2v) is 5.76. The van der Waals surface area contributed by atoms with E-state index in [9.17, 15) is 9.18 Å². The van der Waals surface area contributed by atoms with Crippen LogP contribution in [0.1, 0.15) is 37.6 Å². The standard InChI is InChI=1S/C15H21FN2O2/c1-4-20-13-8-12(15(13,2)3)18-14(19)10-7-9(16)5-6-11(10)17/h5-7,12-13H,4,8,17H2,1-3H3,(H,18,19). The minimum Gasteiger partial charge on any atom is -0.398 e. The Labute approximate surface area is 118 Å². The van der Waals surface area contributed by atoms with Crippen molar-refractivity contribution in [2.24, 2.45) is 5.41 Å². The molecule has 2 rings (SSSR count). The Morgan fingerprint density at radius 2 is 2.25 bits per heavy atom. The van der Waals surface area contributed by atoms with E-state index in [0.29, 0.717) is 6.61 Å². The molecule has 1 aliphatic carbocycles. The third kappa shape index (κ3) is 2.63. The third-order valence-corrected chi connectivity index (χ3v) is 4.11. The molecule has 0 aliphatic heterocycles. The molecule has 2 unspecified atom stereocenters. The zero-order valence-electron chi connectivity index (χ0n) is 12.1. The molecule has 5 heteroatoms. The van der Waals surface area contributed by atoms with Crippen molar-refractivity contribution < 1.29 is 13.9 Å². The van der Waals surface area contributed by atoms with Crippen molar-refractivity contribution in [2.45, 2.75) is 39.3 Å². The summed E-state index contributed by atoms with van der Waals surface area (Å²) in [5.74, 6) is -0.806. The number of hydrogen-bond donors (Lipinski definition) is 2. The Bertz CT molecular complexity index is 517. The number of amides is 1. The van der Waals surface area contributed by atoms with Crippen LogP contribution in [0, 0.1) is 11.2 Å². The highest BCUT2D eigenvalue weighted by atomic mass is 19.1. The second kappa shape index (κ2) is 5.40. The summed E-state index contributed by atoms with van der Waals surface area (Å²) in [4.78, 5) is 12.2. The first kappa shape index (κ1) is 14.8. The number of carbonyl (C=O) groups is 1. The molecule has 3 N–H and O–H groups in total. The lowest BCUT2D eigenvalue weighted by Crippen LogP contribution is -2.62. The molecular weight excluding hydrogens is 259 g/mol. The molecule has 1 amide bonds. The molecule has 0 spiro atoms. The molecule has 0 aromatic heterocycles. The van der Waals surface area contributed by atoms with Crippen molar-refractivity contribution >= 4 is 11.6 Å². The maximum absolute atomic E-state index is 13.2. The van der Waals surface area contributed by atoms with Crippen molar-refractivity contribution in [3.63, 3.8) is 0 Å². The van der Waals surface area contributed by atoms with E-state index in [2.05, 4.69) is 19.2 Å². The maximum Gasteiger partial charge on any atom is 0.253 e. The van der Waals surface area contributed by atoms with Gasteiger partial charge < -0.3 is 15.8 Å². The van der Waals surface area contributed by atoms with E-state index in [1.54, 1.807) is 0 Å². The van der Waals surface area contributed by atoms with Crippen LogP contribution in [0.5, 0.6) is 0 Å². The molecule has 0 heterocycles. The topological polar surface area (TPSA) is 64.3 Å². The van der Waals surface area contributed by atoms with Gasteiger partial charge in [-0.1, -0.05) is 13.8 Å². The normalized spacial score (nSPS) is 24.0. The first-order chi connectivity index (χ1) is 9.36. The van der Waals surface area contributed by atoms with Crippen LogP contribution >= 0.6 is 0 Å². The van der Waals surface area contributed by atoms with Crippen molar-refractivity contribution in [1.82, 2.24) is 5.32 Å². The maximum atomic E-state index is 13.2. The lowest BCUT2D eigenvalue weighted by molar-refractivity contribution is -0.111. The summed E-state index contributed by atoms with van der Waals surface area (Å²) in [6, 6.07) is 3.81. The summed E-state index contributed by atoms with van der Waals surface area (Å²) in [5, 5.41) is 2.91. The Kier molecular flexibility index (Phi) is 3.99. The highest BCUT2D eigenvalue weighted by Gasteiger charge is 2.49. The molecule has 110 valence electrons. The van der Waals surface area contributed by atoms with Crippen molar-refractivity contribution in [2.75, 3.05) is 12.3 Å². The lowest BCUT2D eigenvalue weighted by atomic mass is 9.64. The van der Waals surface area contributed by atoms with Crippen LogP contribution in [-0.4, -0.2) is 24.7 Å². The van der Waals surface area contributed by atoms with Gasteiger partial charge in [-0.25, -0.2) is 4.39 Å². The average Bonchev–Trinajstić information content (AvgIpc) is 2.40. The molecule has 1 aromatic carbocycles. The van der Waals surface area contributed by atoms with Crippen LogP contribution in [0.4, 0.5) is 10.1 Å². The van der Waals surface area contributed by atoms with Gasteiger partial charge in [0.15, 0.2) is 0 Å². The molecule has 4 nitrogen and oxygen atoms in total. The van der Waals surface area contributed by atoms with Gasteiger partial charge in [-0.05, 0) is 31.5 Å². The highest BCUT2D eigenvalue weighted by Crippen LogP contribution is 2.42. The van der Waals surface area contributed by atoms with Gasteiger partial charge in [0.25, 0.3) is 5.91 Å². The van der Waals surface area contributed by atoms with Gasteiger partial charge in [-0.3, -0.25) is 4.79 Å². The summed E-state index contributed by atoms with van der Waals surface area (Å²) >= 11 is 0. The minimum atomic E-state index is -0.468. The van der Waals surface area contributed by atoms with Gasteiger partial charge in [0, 0.05) is 23.8 Å². The van der Waals surface area contributed by atoms with Crippen molar-refractivity contribution in [3.05, 3.63) is 29.6 Å². The number of anilines is 1. The number of hydrogen-bond acceptors (Lipinski definition) is 3. The van der Waals surface area contributed by atoms with Crippen LogP contribution in [0.3, 0.4) is 0 Å². The van der Waals surface area contributed by atoms with Gasteiger partial charge in [-0.2, -0.15) is 0 Å². The molecule has 0 saturated heterocycles. The molecular formula is C15H21FN2O2. The number of carbonyl (C=O) groups excluding carboxylic acids is 1. The number of rotatable bonds is 4. The Morgan fingerprint density at radius 3 is 2.85 bits per heavy atom. The molecule has 20 heavy (non-hydrogen) atoms. The predicted molar refractivity (Wildman–Crippen MR) is 75.9 cm³/mol. The number of nitrogens with two attached hydrogens (primary N) is 1. The third-order valence-electron chi connectivity index (χ3n) is 4.11. The van der Waals surface area contributed by atoms with Crippen molar-refractivity contribution in [1.29, 1.82) is 0 Å². The van der Waals surface area contributed by atoms with Gasteiger partial charge >= 0.3 is 0 Å². The number of halogens is 1. The minimum absolute atomic E-state index is 0.00853. The number of benzene rings is 1. The van der Waals surface area contributed by atoms with E-state index in [1.807, 2.05) is 6.92 Å². The number of nitrogen functional groups attached to an aromatic ring is 1. The van der Waals surface area contributed by atoms with E-state index in [4.69, 9.17) is 10.5 Å². The molecule has 1 aromatic rings. The van der Waals surface area contributed by atoms with E-state index in [1.165, 1.54) is 12.1 Å². The Hall–Kier alpha value is -1.62. The molecule has 1 saturated carbocycles. The highest BCUT2D eigenvalue weighted by molar-refractivity contribution is 5.99. The largest absolute Gasteiger partial charge is 0.398 e. The smallest absolute Gasteiger partial charge is 0.253 e. The zero-order valence-corrected chi connectivity index (χ0v) is 12.1. The summed E-state index contributed by atoms with van der Waals surface area (Å²) in [5.41, 5.74) is 6.05. The van der Waals surface area contributed by atoms with E-state index in [-0.39, 0.29) is 34.7 Å². The first-order valence-corrected chi connectivity index (χ1v) is 6.83. The van der Waals surface area contributed by atoms with Gasteiger partial charge in [0.2, 0.25) is 0 Å². The fourth-order valence-electron chi connectivity index (χ4n) is 2.58. The predicted octanol–water partition coefficient (Wildman–Crippen LogP) is 2.34. The quantitative estimate of drug-likeness (QED) is 0.832. The lowest BCUT2D eigenvalue weighted by Gasteiger charge is -2.51. The van der Waals surface area contributed by atoms with E-state index >= 15 is 0 Å². The van der Waals surface area contributed by atoms with Gasteiger partial charge in [0.1, 0.15) is 5.82 Å². The van der Waals surface area contributed by atoms with Gasteiger partial charge in [-0.15, -0.1) is 0 Å². The molecule has 2 atom stereocenters. The summed E-state index contributed by atoms with van der Waals surface area (Å²) in [7, 11) is 0. The van der Waals surface area contributed by atoms with Gasteiger partial charge in [0.05, 0.1) is 11.7 Å². The van der Waals surface area contributed by atoms with Crippen molar-refractivity contribution in [3.8, 4) is 0 Å². The second-order valence-electron chi connectivity index (χ2n) is 5.76. The fraction of sp³-hybridized carbons (Fsp3) is 0.533. The summed E-state index contributed by atoms with van der Waals surface area (Å²) < 4.78 is 18.8. The number of nitrogens with one attached hydrogen (secondary N) is 1. The Morgan fingerprint density at radius 1 is 1.55 bits per heavy atom. The zero-order chi connectivity index (χ0) is 14.9. The molecule has 1 aliphatic rings. The molecule has 0 radical (unpaired) electrons. The number of ether oxygens (including phenoxy) is 1. The Balaban J connectivity index is 2.05. The van der Waals surface area contributed by atoms with Crippen LogP contribution < -0.4 is 11.1 Å². The summed E-state index contributed by atoms with van der Waals surface area (Å²) in [6.07, 6.45) is 0.907. The van der Waals surface area contributed by atoms with E-state index < -0.39 is 5.82 Å². The molecule has 0 bridgehead atoms. The van der Waals surface area contributed by atoms with Crippen LogP contribution in [0.25, 0.3) is 0 Å². The van der Waals surface area contributed by atoms with Crippen LogP contribution in [0.15, 0.2) is 18.2 Å². The van der Waals surface area contributed by atoms with Crippen LogP contribution in [-0.2, 0) is 4.74 Å². The SMILES string of the molecule is CCOC1CC(NC(=O)c2cc(F)ccc2N)C1(C)C. The monoisotopic (exact) mass is 280 g/mol. The average molecular weight is 280 g/mol. The fourth-order valence-corrected chi connectivity index (χ4v) is 2.58. The summed E-state index contributed by atoms with van der Waals surface area (Å²) in [6.45, 7) is 6.72. The van der Waals surface area contributed by atoms with E-state index in [0.717, 1.165) is 12.5 Å². The van der Waals surface area contributed by atoms with Crippen LogP contribution in [0.2, 0.25) is 0 Å².